The molecule has 0 unspecified atom stereocenters. The van der Waals surface area contributed by atoms with Gasteiger partial charge in [-0.05, 0) is 17.7 Å². The van der Waals surface area contributed by atoms with Crippen LogP contribution in [0.25, 0.3) is 0 Å². The Balaban J connectivity index is 2.88. The predicted molar refractivity (Wildman–Crippen MR) is 74.2 cm³/mol. The Bertz CT molecular complexity index is 446. The van der Waals surface area contributed by atoms with Crippen molar-refractivity contribution in [3.05, 3.63) is 34.8 Å². The van der Waals surface area contributed by atoms with Crippen LogP contribution < -0.4 is 14.8 Å². The zero-order valence-electron chi connectivity index (χ0n) is 10.5. The molecule has 0 aliphatic rings. The lowest BCUT2D eigenvalue weighted by Gasteiger charge is -2.11. The molecule has 98 valence electrons. The monoisotopic (exact) mass is 313 g/mol. The molecule has 1 aromatic carbocycles. The third kappa shape index (κ3) is 3.77. The van der Waals surface area contributed by atoms with Crippen LogP contribution in [0.3, 0.4) is 0 Å². The fourth-order valence-electron chi connectivity index (χ4n) is 1.45. The van der Waals surface area contributed by atoms with Crippen molar-refractivity contribution >= 4 is 21.8 Å². The summed E-state index contributed by atoms with van der Waals surface area (Å²) < 4.78 is 11.2. The molecule has 1 rings (SSSR count). The molecule has 0 bridgehead atoms. The zero-order valence-corrected chi connectivity index (χ0v) is 12.0. The van der Waals surface area contributed by atoms with Crippen molar-refractivity contribution in [3.63, 3.8) is 0 Å². The van der Waals surface area contributed by atoms with Crippen molar-refractivity contribution in [2.45, 2.75) is 6.42 Å². The van der Waals surface area contributed by atoms with Crippen molar-refractivity contribution in [3.8, 4) is 11.5 Å². The van der Waals surface area contributed by atoms with E-state index in [-0.39, 0.29) is 12.3 Å². The van der Waals surface area contributed by atoms with Crippen LogP contribution in [0.4, 0.5) is 0 Å². The molecule has 0 atom stereocenters. The molecule has 0 heterocycles. The summed E-state index contributed by atoms with van der Waals surface area (Å²) in [5.41, 5.74) is 0.842. The highest BCUT2D eigenvalue weighted by atomic mass is 79.9. The highest BCUT2D eigenvalue weighted by Gasteiger charge is 2.12. The number of hydrogen-bond donors (Lipinski definition) is 1. The minimum Gasteiger partial charge on any atom is -0.493 e. The van der Waals surface area contributed by atoms with E-state index in [0.29, 0.717) is 18.0 Å². The smallest absolute Gasteiger partial charge is 0.224 e. The van der Waals surface area contributed by atoms with Gasteiger partial charge in [-0.25, -0.2) is 0 Å². The molecular formula is C13H16BrNO3. The highest BCUT2D eigenvalue weighted by molar-refractivity contribution is 9.10. The summed E-state index contributed by atoms with van der Waals surface area (Å²) in [7, 11) is 3.13. The van der Waals surface area contributed by atoms with Gasteiger partial charge in [0, 0.05) is 11.0 Å². The molecule has 0 spiro atoms. The first-order chi connectivity index (χ1) is 8.62. The van der Waals surface area contributed by atoms with E-state index in [0.717, 1.165) is 10.0 Å². The third-order valence-corrected chi connectivity index (χ3v) is 3.09. The Morgan fingerprint density at radius 2 is 2.00 bits per heavy atom. The molecule has 0 saturated heterocycles. The minimum atomic E-state index is -0.0668. The summed E-state index contributed by atoms with van der Waals surface area (Å²) in [5.74, 6) is 1.16. The number of hydrogen-bond acceptors (Lipinski definition) is 3. The standard InChI is InChI=1S/C13H16BrNO3/c1-4-5-15-13(16)7-9-6-11(17-2)12(18-3)8-10(9)14/h4,6,8H,1,5,7H2,2-3H3,(H,15,16). The number of carbonyl (C=O) groups excluding carboxylic acids is 1. The van der Waals surface area contributed by atoms with Crippen LogP contribution in [-0.4, -0.2) is 26.7 Å². The molecule has 4 nitrogen and oxygen atoms in total. The van der Waals surface area contributed by atoms with Gasteiger partial charge in [-0.2, -0.15) is 0 Å². The average molecular weight is 314 g/mol. The van der Waals surface area contributed by atoms with E-state index in [1.165, 1.54) is 0 Å². The van der Waals surface area contributed by atoms with Crippen LogP contribution >= 0.6 is 15.9 Å². The van der Waals surface area contributed by atoms with Crippen LogP contribution in [-0.2, 0) is 11.2 Å². The number of methoxy groups -OCH3 is 2. The summed E-state index contributed by atoms with van der Waals surface area (Å²) in [6.07, 6.45) is 1.91. The van der Waals surface area contributed by atoms with Crippen LogP contribution in [0.15, 0.2) is 29.3 Å². The Kier molecular flexibility index (Phi) is 5.71. The largest absolute Gasteiger partial charge is 0.493 e. The van der Waals surface area contributed by atoms with E-state index >= 15 is 0 Å². The second-order valence-corrected chi connectivity index (χ2v) is 4.42. The summed E-state index contributed by atoms with van der Waals surface area (Å²) in [4.78, 5) is 11.6. The van der Waals surface area contributed by atoms with E-state index in [9.17, 15) is 4.79 Å². The van der Waals surface area contributed by atoms with Crippen LogP contribution in [0.1, 0.15) is 5.56 Å². The molecule has 1 aromatic rings. The zero-order chi connectivity index (χ0) is 13.5. The molecule has 0 aliphatic heterocycles. The second-order valence-electron chi connectivity index (χ2n) is 3.57. The lowest BCUT2D eigenvalue weighted by Crippen LogP contribution is -2.25. The molecule has 0 aromatic heterocycles. The topological polar surface area (TPSA) is 47.6 Å². The van der Waals surface area contributed by atoms with E-state index in [4.69, 9.17) is 9.47 Å². The first-order valence-corrected chi connectivity index (χ1v) is 6.19. The molecule has 0 radical (unpaired) electrons. The van der Waals surface area contributed by atoms with Crippen molar-refractivity contribution in [1.82, 2.24) is 5.32 Å². The molecule has 18 heavy (non-hydrogen) atoms. The first kappa shape index (κ1) is 14.6. The summed E-state index contributed by atoms with van der Waals surface area (Å²) >= 11 is 3.41. The van der Waals surface area contributed by atoms with Gasteiger partial charge in [-0.1, -0.05) is 22.0 Å². The predicted octanol–water partition coefficient (Wildman–Crippen LogP) is 2.31. The molecule has 5 heteroatoms. The number of rotatable bonds is 6. The number of carbonyl (C=O) groups is 1. The number of ether oxygens (including phenoxy) is 2. The maximum atomic E-state index is 11.6. The number of nitrogens with one attached hydrogen (secondary N) is 1. The van der Waals surface area contributed by atoms with Crippen molar-refractivity contribution in [1.29, 1.82) is 0 Å². The van der Waals surface area contributed by atoms with E-state index in [1.54, 1.807) is 32.4 Å². The molecule has 1 amide bonds. The SMILES string of the molecule is C=CCNC(=O)Cc1cc(OC)c(OC)cc1Br. The van der Waals surface area contributed by atoms with Gasteiger partial charge in [0.25, 0.3) is 0 Å². The van der Waals surface area contributed by atoms with Gasteiger partial charge in [0.05, 0.1) is 20.6 Å². The number of halogens is 1. The molecule has 1 N–H and O–H groups in total. The number of amides is 1. The van der Waals surface area contributed by atoms with Crippen molar-refractivity contribution in [2.24, 2.45) is 0 Å². The molecule has 0 aliphatic carbocycles. The fraction of sp³-hybridized carbons (Fsp3) is 0.308. The molecular weight excluding hydrogens is 298 g/mol. The van der Waals surface area contributed by atoms with Gasteiger partial charge in [0.2, 0.25) is 5.91 Å². The van der Waals surface area contributed by atoms with Crippen LogP contribution in [0.2, 0.25) is 0 Å². The second kappa shape index (κ2) is 7.06. The summed E-state index contributed by atoms with van der Waals surface area (Å²) in [5, 5.41) is 2.72. The summed E-state index contributed by atoms with van der Waals surface area (Å²) in [6.45, 7) is 4.01. The Labute approximate surface area is 115 Å². The molecule has 0 saturated carbocycles. The van der Waals surface area contributed by atoms with Gasteiger partial charge >= 0.3 is 0 Å². The molecule has 0 fully saturated rings. The lowest BCUT2D eigenvalue weighted by molar-refractivity contribution is -0.120. The Morgan fingerprint density at radius 1 is 1.39 bits per heavy atom. The Morgan fingerprint density at radius 3 is 2.56 bits per heavy atom. The van der Waals surface area contributed by atoms with Crippen molar-refractivity contribution < 1.29 is 14.3 Å². The van der Waals surface area contributed by atoms with E-state index in [1.807, 2.05) is 0 Å². The minimum absolute atomic E-state index is 0.0668. The maximum absolute atomic E-state index is 11.6. The summed E-state index contributed by atoms with van der Waals surface area (Å²) in [6, 6.07) is 3.57. The average Bonchev–Trinajstić information content (AvgIpc) is 2.38. The highest BCUT2D eigenvalue weighted by Crippen LogP contribution is 2.33. The normalized spacial score (nSPS) is 9.72. The maximum Gasteiger partial charge on any atom is 0.224 e. The van der Waals surface area contributed by atoms with Gasteiger partial charge in [0.15, 0.2) is 11.5 Å². The quantitative estimate of drug-likeness (QED) is 0.820. The van der Waals surface area contributed by atoms with Crippen molar-refractivity contribution in [2.75, 3.05) is 20.8 Å². The third-order valence-electron chi connectivity index (χ3n) is 2.35. The first-order valence-electron chi connectivity index (χ1n) is 5.40. The van der Waals surface area contributed by atoms with Gasteiger partial charge in [-0.15, -0.1) is 6.58 Å². The number of benzene rings is 1. The van der Waals surface area contributed by atoms with Crippen LogP contribution in [0.5, 0.6) is 11.5 Å². The lowest BCUT2D eigenvalue weighted by atomic mass is 10.1. The fourth-order valence-corrected chi connectivity index (χ4v) is 1.92. The van der Waals surface area contributed by atoms with E-state index < -0.39 is 0 Å². The van der Waals surface area contributed by atoms with Crippen LogP contribution in [0, 0.1) is 0 Å². The van der Waals surface area contributed by atoms with Gasteiger partial charge < -0.3 is 14.8 Å². The van der Waals surface area contributed by atoms with Gasteiger partial charge in [0.1, 0.15) is 0 Å². The Hall–Kier alpha value is -1.49. The van der Waals surface area contributed by atoms with Gasteiger partial charge in [-0.3, -0.25) is 4.79 Å². The van der Waals surface area contributed by atoms with E-state index in [2.05, 4.69) is 27.8 Å².